The highest BCUT2D eigenvalue weighted by Gasteiger charge is 2.19. The number of carbonyl (C=O) groups excluding carboxylic acids is 1. The molecule has 1 amide bonds. The van der Waals surface area contributed by atoms with Gasteiger partial charge in [0.15, 0.2) is 0 Å². The molecular weight excluding hydrogens is 294 g/mol. The first kappa shape index (κ1) is 16.5. The van der Waals surface area contributed by atoms with Crippen molar-refractivity contribution in [3.05, 3.63) is 42.0 Å². The fourth-order valence-corrected chi connectivity index (χ4v) is 2.23. The fraction of sp³-hybridized carbons (Fsp3) is 0.375. The van der Waals surface area contributed by atoms with Gasteiger partial charge in [-0.1, -0.05) is 26.0 Å². The van der Waals surface area contributed by atoms with Crippen LogP contribution in [0.15, 0.2) is 30.6 Å². The number of amides is 1. The highest BCUT2D eigenvalue weighted by molar-refractivity contribution is 5.76. The van der Waals surface area contributed by atoms with E-state index in [9.17, 15) is 4.79 Å². The van der Waals surface area contributed by atoms with E-state index in [4.69, 9.17) is 10.00 Å². The first-order chi connectivity index (χ1) is 11.0. The molecule has 0 saturated heterocycles. The maximum absolute atomic E-state index is 12.2. The number of benzene rings is 1. The van der Waals surface area contributed by atoms with Gasteiger partial charge in [0.05, 0.1) is 13.2 Å². The second-order valence-corrected chi connectivity index (χ2v) is 5.44. The molecule has 1 aromatic carbocycles. The van der Waals surface area contributed by atoms with E-state index in [0.29, 0.717) is 0 Å². The molecule has 1 atom stereocenters. The van der Waals surface area contributed by atoms with Gasteiger partial charge in [-0.3, -0.25) is 4.79 Å². The number of aromatic nitrogens is 3. The average Bonchev–Trinajstić information content (AvgIpc) is 3.00. The number of nitriles is 1. The number of hydrogen-bond donors (Lipinski definition) is 1. The minimum Gasteiger partial charge on any atom is -0.497 e. The molecule has 0 spiro atoms. The molecule has 23 heavy (non-hydrogen) atoms. The van der Waals surface area contributed by atoms with Gasteiger partial charge in [-0.2, -0.15) is 5.26 Å². The largest absolute Gasteiger partial charge is 0.497 e. The zero-order valence-electron chi connectivity index (χ0n) is 13.4. The van der Waals surface area contributed by atoms with E-state index in [0.717, 1.165) is 11.3 Å². The number of nitrogens with one attached hydrogen (secondary N) is 1. The molecule has 2 aromatic rings. The minimum atomic E-state index is -0.186. The van der Waals surface area contributed by atoms with Gasteiger partial charge in [-0.25, -0.2) is 9.67 Å². The monoisotopic (exact) mass is 313 g/mol. The molecule has 0 aliphatic carbocycles. The molecule has 2 rings (SSSR count). The molecule has 0 radical (unpaired) electrons. The Bertz CT molecular complexity index is 700. The summed E-state index contributed by atoms with van der Waals surface area (Å²) in [5, 5.41) is 15.6. The average molecular weight is 313 g/mol. The lowest BCUT2D eigenvalue weighted by atomic mass is 9.96. The number of carbonyl (C=O) groups is 1. The fourth-order valence-electron chi connectivity index (χ4n) is 2.23. The van der Waals surface area contributed by atoms with Crippen molar-refractivity contribution in [1.82, 2.24) is 20.1 Å². The lowest BCUT2D eigenvalue weighted by molar-refractivity contribution is -0.122. The zero-order chi connectivity index (χ0) is 16.8. The first-order valence-corrected chi connectivity index (χ1v) is 7.26. The summed E-state index contributed by atoms with van der Waals surface area (Å²) in [6.45, 7) is 4.10. The van der Waals surface area contributed by atoms with Gasteiger partial charge in [0.2, 0.25) is 5.91 Å². The normalized spacial score (nSPS) is 11.8. The molecule has 120 valence electrons. The molecule has 7 heteroatoms. The topological polar surface area (TPSA) is 92.8 Å². The smallest absolute Gasteiger partial charge is 0.252 e. The van der Waals surface area contributed by atoms with E-state index < -0.39 is 0 Å². The Hall–Kier alpha value is -2.88. The van der Waals surface area contributed by atoms with Crippen molar-refractivity contribution >= 4 is 5.91 Å². The van der Waals surface area contributed by atoms with Crippen molar-refractivity contribution in [1.29, 1.82) is 5.26 Å². The molecule has 7 nitrogen and oxygen atoms in total. The molecule has 1 N–H and O–H groups in total. The van der Waals surface area contributed by atoms with E-state index in [1.807, 2.05) is 44.2 Å². The van der Waals surface area contributed by atoms with Gasteiger partial charge in [-0.05, 0) is 23.6 Å². The Kier molecular flexibility index (Phi) is 5.31. The molecule has 1 heterocycles. The Balaban J connectivity index is 2.06. The minimum absolute atomic E-state index is 0.0219. The van der Waals surface area contributed by atoms with Crippen LogP contribution in [0, 0.1) is 17.2 Å². The molecule has 0 saturated carbocycles. The summed E-state index contributed by atoms with van der Waals surface area (Å²) in [6, 6.07) is 9.32. The number of hydrogen-bond acceptors (Lipinski definition) is 5. The van der Waals surface area contributed by atoms with Crippen LogP contribution in [-0.2, 0) is 11.3 Å². The highest BCUT2D eigenvalue weighted by atomic mass is 16.5. The molecule has 0 unspecified atom stereocenters. The second-order valence-electron chi connectivity index (χ2n) is 5.44. The third kappa shape index (κ3) is 4.30. The van der Waals surface area contributed by atoms with E-state index >= 15 is 0 Å². The van der Waals surface area contributed by atoms with Gasteiger partial charge in [0.1, 0.15) is 24.7 Å². The number of rotatable bonds is 6. The van der Waals surface area contributed by atoms with Gasteiger partial charge < -0.3 is 10.1 Å². The Morgan fingerprint density at radius 1 is 1.39 bits per heavy atom. The highest BCUT2D eigenvalue weighted by Crippen LogP contribution is 2.23. The summed E-state index contributed by atoms with van der Waals surface area (Å²) < 4.78 is 6.50. The van der Waals surface area contributed by atoms with Crippen LogP contribution in [-0.4, -0.2) is 27.8 Å². The van der Waals surface area contributed by atoms with Gasteiger partial charge in [-0.15, -0.1) is 5.10 Å². The van der Waals surface area contributed by atoms with Gasteiger partial charge in [0, 0.05) is 0 Å². The maximum Gasteiger partial charge on any atom is 0.252 e. The zero-order valence-corrected chi connectivity index (χ0v) is 13.4. The third-order valence-corrected chi connectivity index (χ3v) is 3.40. The Morgan fingerprint density at radius 3 is 2.61 bits per heavy atom. The van der Waals surface area contributed by atoms with E-state index in [2.05, 4.69) is 15.4 Å². The SMILES string of the molecule is COc1ccc([C@@H](NC(=O)Cn2cnc(C#N)n2)C(C)C)cc1. The van der Waals surface area contributed by atoms with Crippen LogP contribution in [0.25, 0.3) is 0 Å². The standard InChI is InChI=1S/C16H19N5O2/c1-11(2)16(12-4-6-13(23-3)7-5-12)19-15(22)9-21-10-18-14(8-17)20-21/h4-7,10-11,16H,9H2,1-3H3,(H,19,22)/t16-/m0/s1. The van der Waals surface area contributed by atoms with Crippen molar-refractivity contribution in [2.75, 3.05) is 7.11 Å². The molecule has 0 aliphatic heterocycles. The van der Waals surface area contributed by atoms with Gasteiger partial charge in [0.25, 0.3) is 5.82 Å². The molecule has 0 fully saturated rings. The van der Waals surface area contributed by atoms with E-state index in [1.165, 1.54) is 11.0 Å². The lowest BCUT2D eigenvalue weighted by Crippen LogP contribution is -2.34. The summed E-state index contributed by atoms with van der Waals surface area (Å²) in [6.07, 6.45) is 1.37. The van der Waals surface area contributed by atoms with Crippen LogP contribution in [0.4, 0.5) is 0 Å². The van der Waals surface area contributed by atoms with Crippen molar-refractivity contribution < 1.29 is 9.53 Å². The van der Waals surface area contributed by atoms with Crippen LogP contribution < -0.4 is 10.1 Å². The predicted octanol–water partition coefficient (Wildman–Crippen LogP) is 1.67. The summed E-state index contributed by atoms with van der Waals surface area (Å²) in [7, 11) is 1.62. The van der Waals surface area contributed by atoms with Crippen LogP contribution >= 0.6 is 0 Å². The van der Waals surface area contributed by atoms with Crippen molar-refractivity contribution in [2.45, 2.75) is 26.4 Å². The van der Waals surface area contributed by atoms with E-state index in [-0.39, 0.29) is 30.2 Å². The Labute approximate surface area is 134 Å². The predicted molar refractivity (Wildman–Crippen MR) is 83.5 cm³/mol. The summed E-state index contributed by atoms with van der Waals surface area (Å²) >= 11 is 0. The van der Waals surface area contributed by atoms with Crippen molar-refractivity contribution in [3.8, 4) is 11.8 Å². The second kappa shape index (κ2) is 7.40. The summed E-state index contributed by atoms with van der Waals surface area (Å²) in [4.78, 5) is 16.0. The summed E-state index contributed by atoms with van der Waals surface area (Å²) in [5.74, 6) is 0.856. The quantitative estimate of drug-likeness (QED) is 0.875. The molecule has 0 bridgehead atoms. The van der Waals surface area contributed by atoms with Crippen LogP contribution in [0.3, 0.4) is 0 Å². The Morgan fingerprint density at radius 2 is 2.09 bits per heavy atom. The molecular formula is C16H19N5O2. The first-order valence-electron chi connectivity index (χ1n) is 7.26. The van der Waals surface area contributed by atoms with Crippen molar-refractivity contribution in [3.63, 3.8) is 0 Å². The number of nitrogens with zero attached hydrogens (tertiary/aromatic N) is 4. The lowest BCUT2D eigenvalue weighted by Gasteiger charge is -2.23. The molecule has 1 aromatic heterocycles. The number of ether oxygens (including phenoxy) is 1. The number of methoxy groups -OCH3 is 1. The van der Waals surface area contributed by atoms with Crippen LogP contribution in [0.2, 0.25) is 0 Å². The van der Waals surface area contributed by atoms with Crippen molar-refractivity contribution in [2.24, 2.45) is 5.92 Å². The van der Waals surface area contributed by atoms with Gasteiger partial charge >= 0.3 is 0 Å². The maximum atomic E-state index is 12.2. The summed E-state index contributed by atoms with van der Waals surface area (Å²) in [5.41, 5.74) is 1.01. The molecule has 0 aliphatic rings. The van der Waals surface area contributed by atoms with Crippen LogP contribution in [0.5, 0.6) is 5.75 Å². The van der Waals surface area contributed by atoms with E-state index in [1.54, 1.807) is 7.11 Å². The third-order valence-electron chi connectivity index (χ3n) is 3.40. The van der Waals surface area contributed by atoms with Crippen LogP contribution in [0.1, 0.15) is 31.3 Å².